The van der Waals surface area contributed by atoms with Gasteiger partial charge in [-0.25, -0.2) is 0 Å². The smallest absolute Gasteiger partial charge is 0.274 e. The van der Waals surface area contributed by atoms with Crippen molar-refractivity contribution in [2.75, 3.05) is 31.6 Å². The number of likely N-dealkylation sites (tertiary alicyclic amines) is 1. The van der Waals surface area contributed by atoms with Crippen LogP contribution in [-0.2, 0) is 11.3 Å². The number of carbonyl (C=O) groups excluding carboxylic acids is 1. The quantitative estimate of drug-likeness (QED) is 0.781. The van der Waals surface area contributed by atoms with Crippen LogP contribution in [-0.4, -0.2) is 42.8 Å². The third-order valence-corrected chi connectivity index (χ3v) is 7.07. The van der Waals surface area contributed by atoms with Crippen LogP contribution in [0.15, 0.2) is 41.2 Å². The summed E-state index contributed by atoms with van der Waals surface area (Å²) in [6.45, 7) is 4.62. The SMILES string of the molecule is N#Cc1ccc(C(=O)Nc2ccc3n(c2=O)C[C@H]2C[C@@H]3C[NH+](C3CCOCC3)C2)cc1. The summed E-state index contributed by atoms with van der Waals surface area (Å²) in [6, 6.07) is 12.9. The van der Waals surface area contributed by atoms with E-state index >= 15 is 0 Å². The lowest BCUT2D eigenvalue weighted by Gasteiger charge is -2.44. The van der Waals surface area contributed by atoms with Crippen molar-refractivity contribution in [2.45, 2.75) is 37.8 Å². The van der Waals surface area contributed by atoms with E-state index < -0.39 is 0 Å². The molecule has 5 rings (SSSR count). The van der Waals surface area contributed by atoms with Gasteiger partial charge in [-0.3, -0.25) is 9.59 Å². The van der Waals surface area contributed by atoms with Crippen molar-refractivity contribution in [1.29, 1.82) is 5.26 Å². The summed E-state index contributed by atoms with van der Waals surface area (Å²) >= 11 is 0. The monoisotopic (exact) mass is 419 g/mol. The molecule has 7 heteroatoms. The minimum absolute atomic E-state index is 0.122. The Balaban J connectivity index is 1.35. The van der Waals surface area contributed by atoms with E-state index in [4.69, 9.17) is 10.00 Å². The Morgan fingerprint density at radius 3 is 2.65 bits per heavy atom. The predicted octanol–water partition coefficient (Wildman–Crippen LogP) is 1.15. The van der Waals surface area contributed by atoms with Gasteiger partial charge in [-0.15, -0.1) is 0 Å². The van der Waals surface area contributed by atoms with Crippen LogP contribution in [0.3, 0.4) is 0 Å². The van der Waals surface area contributed by atoms with Crippen molar-refractivity contribution in [1.82, 2.24) is 4.57 Å². The van der Waals surface area contributed by atoms with Crippen LogP contribution in [0.2, 0.25) is 0 Å². The number of ether oxygens (including phenoxy) is 1. The molecule has 0 spiro atoms. The van der Waals surface area contributed by atoms with Crippen molar-refractivity contribution in [3.8, 4) is 6.07 Å². The fraction of sp³-hybridized carbons (Fsp3) is 0.458. The van der Waals surface area contributed by atoms with E-state index in [1.165, 1.54) is 0 Å². The van der Waals surface area contributed by atoms with Crippen LogP contribution in [0.5, 0.6) is 0 Å². The van der Waals surface area contributed by atoms with Crippen LogP contribution in [0.1, 0.15) is 46.8 Å². The highest BCUT2D eigenvalue weighted by molar-refractivity contribution is 6.04. The number of carbonyl (C=O) groups is 1. The normalized spacial score (nSPS) is 25.3. The van der Waals surface area contributed by atoms with Gasteiger partial charge in [-0.2, -0.15) is 5.26 Å². The molecule has 2 bridgehead atoms. The zero-order chi connectivity index (χ0) is 21.4. The lowest BCUT2D eigenvalue weighted by atomic mass is 9.82. The molecule has 0 saturated carbocycles. The van der Waals surface area contributed by atoms with Gasteiger partial charge in [-0.1, -0.05) is 0 Å². The highest BCUT2D eigenvalue weighted by atomic mass is 16.5. The highest BCUT2D eigenvalue weighted by Gasteiger charge is 2.40. The van der Waals surface area contributed by atoms with E-state index in [-0.39, 0.29) is 11.5 Å². The molecule has 2 saturated heterocycles. The Hall–Kier alpha value is -2.95. The Morgan fingerprint density at radius 2 is 1.90 bits per heavy atom. The standard InChI is InChI=1S/C24H26N4O3/c25-12-16-1-3-18(4-2-16)23(29)26-21-5-6-22-19-11-17(14-28(22)24(21)30)13-27(15-19)20-7-9-31-10-8-20/h1-6,17,19-20H,7-11,13-15H2,(H,26,29)/p+1/t17-,19+/m0/s1. The van der Waals surface area contributed by atoms with E-state index in [1.54, 1.807) is 35.2 Å². The molecule has 1 amide bonds. The van der Waals surface area contributed by atoms with Gasteiger partial charge in [0.2, 0.25) is 0 Å². The van der Waals surface area contributed by atoms with Crippen LogP contribution in [0, 0.1) is 17.2 Å². The van der Waals surface area contributed by atoms with Gasteiger partial charge in [-0.05, 0) is 42.8 Å². The summed E-state index contributed by atoms with van der Waals surface area (Å²) in [5.41, 5.74) is 2.21. The largest absolute Gasteiger partial charge is 0.381 e. The number of benzene rings is 1. The number of rotatable bonds is 3. The Morgan fingerprint density at radius 1 is 1.13 bits per heavy atom. The second kappa shape index (κ2) is 8.29. The number of hydrogen-bond acceptors (Lipinski definition) is 4. The maximum Gasteiger partial charge on any atom is 0.274 e. The lowest BCUT2D eigenvalue weighted by molar-refractivity contribution is -0.937. The van der Waals surface area contributed by atoms with Crippen molar-refractivity contribution >= 4 is 11.6 Å². The van der Waals surface area contributed by atoms with Gasteiger partial charge in [0.05, 0.1) is 44.0 Å². The summed E-state index contributed by atoms with van der Waals surface area (Å²) < 4.78 is 7.42. The van der Waals surface area contributed by atoms with E-state index in [0.717, 1.165) is 57.8 Å². The maximum atomic E-state index is 13.2. The number of amides is 1. The number of fused-ring (bicyclic) bond motifs is 4. The third kappa shape index (κ3) is 3.89. The number of quaternary nitrogens is 1. The van der Waals surface area contributed by atoms with Gasteiger partial charge in [0.15, 0.2) is 0 Å². The molecule has 4 heterocycles. The molecule has 2 N–H and O–H groups in total. The molecular formula is C24H27N4O3+. The fourth-order valence-electron chi connectivity index (χ4n) is 5.52. The first-order valence-electron chi connectivity index (χ1n) is 11.1. The number of nitrogens with one attached hydrogen (secondary N) is 2. The molecule has 3 aliphatic rings. The molecule has 160 valence electrons. The number of pyridine rings is 1. The highest BCUT2D eigenvalue weighted by Crippen LogP contribution is 2.31. The Bertz CT molecular complexity index is 1080. The van der Waals surface area contributed by atoms with Gasteiger partial charge in [0, 0.05) is 42.5 Å². The number of piperidine rings is 1. The van der Waals surface area contributed by atoms with Crippen LogP contribution in [0.4, 0.5) is 5.69 Å². The Labute approximate surface area is 181 Å². The minimum atomic E-state index is -0.340. The summed E-state index contributed by atoms with van der Waals surface area (Å²) in [6.07, 6.45) is 3.40. The second-order valence-corrected chi connectivity index (χ2v) is 8.98. The van der Waals surface area contributed by atoms with E-state index in [0.29, 0.717) is 34.7 Å². The van der Waals surface area contributed by atoms with E-state index in [2.05, 4.69) is 5.32 Å². The zero-order valence-corrected chi connectivity index (χ0v) is 17.5. The Kier molecular flexibility index (Phi) is 5.34. The molecule has 31 heavy (non-hydrogen) atoms. The molecule has 2 fully saturated rings. The first-order valence-corrected chi connectivity index (χ1v) is 11.1. The van der Waals surface area contributed by atoms with Crippen LogP contribution < -0.4 is 15.8 Å². The van der Waals surface area contributed by atoms with Gasteiger partial charge in [0.25, 0.3) is 11.5 Å². The number of nitrogens with zero attached hydrogens (tertiary/aromatic N) is 2. The van der Waals surface area contributed by atoms with E-state index in [9.17, 15) is 9.59 Å². The van der Waals surface area contributed by atoms with Gasteiger partial charge < -0.3 is 19.5 Å². The third-order valence-electron chi connectivity index (χ3n) is 7.07. The summed E-state index contributed by atoms with van der Waals surface area (Å²) in [7, 11) is 0. The predicted molar refractivity (Wildman–Crippen MR) is 115 cm³/mol. The molecule has 2 aromatic rings. The number of anilines is 1. The number of nitriles is 1. The molecule has 1 aromatic heterocycles. The molecule has 3 aliphatic heterocycles. The van der Waals surface area contributed by atoms with Crippen molar-refractivity contribution in [3.05, 3.63) is 63.6 Å². The van der Waals surface area contributed by atoms with Crippen LogP contribution >= 0.6 is 0 Å². The minimum Gasteiger partial charge on any atom is -0.381 e. The number of hydrogen-bond donors (Lipinski definition) is 2. The molecule has 0 radical (unpaired) electrons. The molecule has 1 aromatic carbocycles. The van der Waals surface area contributed by atoms with Crippen LogP contribution in [0.25, 0.3) is 0 Å². The van der Waals surface area contributed by atoms with Gasteiger partial charge >= 0.3 is 0 Å². The molecule has 7 nitrogen and oxygen atoms in total. The van der Waals surface area contributed by atoms with Crippen molar-refractivity contribution in [2.24, 2.45) is 5.92 Å². The molecule has 3 atom stereocenters. The molecule has 1 unspecified atom stereocenters. The molecular weight excluding hydrogens is 392 g/mol. The topological polar surface area (TPSA) is 88.6 Å². The molecule has 0 aliphatic carbocycles. The first-order chi connectivity index (χ1) is 15.1. The average Bonchev–Trinajstić information content (AvgIpc) is 2.81. The zero-order valence-electron chi connectivity index (χ0n) is 17.5. The van der Waals surface area contributed by atoms with Crippen molar-refractivity contribution in [3.63, 3.8) is 0 Å². The van der Waals surface area contributed by atoms with Crippen molar-refractivity contribution < 1.29 is 14.4 Å². The lowest BCUT2D eigenvalue weighted by Crippen LogP contribution is -3.18. The van der Waals surface area contributed by atoms with E-state index in [1.807, 2.05) is 16.7 Å². The average molecular weight is 420 g/mol. The maximum absolute atomic E-state index is 13.2. The number of aromatic nitrogens is 1. The summed E-state index contributed by atoms with van der Waals surface area (Å²) in [4.78, 5) is 27.4. The van der Waals surface area contributed by atoms with Gasteiger partial charge in [0.1, 0.15) is 5.69 Å². The second-order valence-electron chi connectivity index (χ2n) is 8.98. The fourth-order valence-corrected chi connectivity index (χ4v) is 5.52. The first kappa shape index (κ1) is 20.0. The summed E-state index contributed by atoms with van der Waals surface area (Å²) in [5.74, 6) is 0.542. The summed E-state index contributed by atoms with van der Waals surface area (Å²) in [5, 5.41) is 11.7.